The summed E-state index contributed by atoms with van der Waals surface area (Å²) in [5.74, 6) is 1.50. The second kappa shape index (κ2) is 8.45. The lowest BCUT2D eigenvalue weighted by atomic mass is 10.0. The lowest BCUT2D eigenvalue weighted by Crippen LogP contribution is -2.35. The number of aromatic nitrogens is 3. The van der Waals surface area contributed by atoms with Gasteiger partial charge < -0.3 is 10.6 Å². The van der Waals surface area contributed by atoms with E-state index in [1.165, 1.54) is 5.56 Å². The summed E-state index contributed by atoms with van der Waals surface area (Å²) in [5.41, 5.74) is 8.22. The van der Waals surface area contributed by atoms with Gasteiger partial charge in [0.15, 0.2) is 0 Å². The van der Waals surface area contributed by atoms with E-state index in [-0.39, 0.29) is 17.8 Å². The third-order valence-electron chi connectivity index (χ3n) is 4.75. The quantitative estimate of drug-likeness (QED) is 0.826. The van der Waals surface area contributed by atoms with Gasteiger partial charge in [-0.05, 0) is 36.8 Å². The highest BCUT2D eigenvalue weighted by Crippen LogP contribution is 2.23. The fourth-order valence-corrected chi connectivity index (χ4v) is 2.83. The number of amides is 1. The highest BCUT2D eigenvalue weighted by molar-refractivity contribution is 5.90. The molecule has 6 heteroatoms. The number of nitrogens with zero attached hydrogens (tertiary/aromatic N) is 4. The van der Waals surface area contributed by atoms with Gasteiger partial charge in [-0.3, -0.25) is 4.79 Å². The molecule has 142 valence electrons. The fourth-order valence-electron chi connectivity index (χ4n) is 2.83. The van der Waals surface area contributed by atoms with Crippen molar-refractivity contribution in [3.63, 3.8) is 0 Å². The molecule has 0 bridgehead atoms. The van der Waals surface area contributed by atoms with Crippen molar-refractivity contribution in [3.05, 3.63) is 41.5 Å². The molecule has 1 unspecified atom stereocenters. The SMILES string of the molecule is Cc1nc(C(=O)N(C)CCC(N)C(C)C)nn1-c1ccccc1C(C)C. The van der Waals surface area contributed by atoms with Crippen LogP contribution in [0, 0.1) is 12.8 Å². The Bertz CT molecular complexity index is 750. The Morgan fingerprint density at radius 2 is 1.88 bits per heavy atom. The van der Waals surface area contributed by atoms with Gasteiger partial charge in [0, 0.05) is 19.6 Å². The Labute approximate surface area is 156 Å². The van der Waals surface area contributed by atoms with Crippen LogP contribution in [0.1, 0.15) is 62.0 Å². The van der Waals surface area contributed by atoms with Crippen LogP contribution < -0.4 is 5.73 Å². The second-order valence-electron chi connectivity index (χ2n) is 7.53. The van der Waals surface area contributed by atoms with Gasteiger partial charge in [-0.15, -0.1) is 5.10 Å². The normalized spacial score (nSPS) is 12.7. The van der Waals surface area contributed by atoms with Crippen LogP contribution in [-0.4, -0.2) is 45.2 Å². The van der Waals surface area contributed by atoms with Crippen LogP contribution in [-0.2, 0) is 0 Å². The zero-order chi connectivity index (χ0) is 19.4. The standard InChI is InChI=1S/C20H31N5O/c1-13(2)16-9-7-8-10-18(16)25-15(5)22-19(23-25)20(26)24(6)12-11-17(21)14(3)4/h7-10,13-14,17H,11-12,21H2,1-6H3. The van der Waals surface area contributed by atoms with Crippen molar-refractivity contribution < 1.29 is 4.79 Å². The Kier molecular flexibility index (Phi) is 6.53. The fraction of sp³-hybridized carbons (Fsp3) is 0.550. The molecule has 0 saturated heterocycles. The first kappa shape index (κ1) is 20.1. The smallest absolute Gasteiger partial charge is 0.293 e. The molecule has 26 heavy (non-hydrogen) atoms. The van der Waals surface area contributed by atoms with Crippen LogP contribution in [0.4, 0.5) is 0 Å². The minimum Gasteiger partial charge on any atom is -0.339 e. The van der Waals surface area contributed by atoms with E-state index in [2.05, 4.69) is 43.8 Å². The zero-order valence-corrected chi connectivity index (χ0v) is 16.7. The minimum absolute atomic E-state index is 0.0791. The molecule has 2 rings (SSSR count). The number of benzene rings is 1. The molecule has 1 heterocycles. The molecule has 1 amide bonds. The van der Waals surface area contributed by atoms with Gasteiger partial charge in [-0.25, -0.2) is 9.67 Å². The molecule has 0 saturated carbocycles. The van der Waals surface area contributed by atoms with Crippen LogP contribution in [0.15, 0.2) is 24.3 Å². The summed E-state index contributed by atoms with van der Waals surface area (Å²) in [7, 11) is 1.77. The lowest BCUT2D eigenvalue weighted by molar-refractivity contribution is 0.0777. The van der Waals surface area contributed by atoms with Gasteiger partial charge in [-0.2, -0.15) is 0 Å². The third kappa shape index (κ3) is 4.49. The molecule has 0 fully saturated rings. The zero-order valence-electron chi connectivity index (χ0n) is 16.7. The second-order valence-corrected chi connectivity index (χ2v) is 7.53. The molecule has 1 atom stereocenters. The maximum Gasteiger partial charge on any atom is 0.293 e. The molecule has 2 N–H and O–H groups in total. The Morgan fingerprint density at radius 3 is 2.50 bits per heavy atom. The van der Waals surface area contributed by atoms with E-state index in [1.807, 2.05) is 25.1 Å². The number of aryl methyl sites for hydroxylation is 1. The molecule has 2 aromatic rings. The van der Waals surface area contributed by atoms with Crippen LogP contribution in [0.25, 0.3) is 5.69 Å². The summed E-state index contributed by atoms with van der Waals surface area (Å²) in [6.45, 7) is 10.9. The van der Waals surface area contributed by atoms with Gasteiger partial charge in [0.25, 0.3) is 5.91 Å². The summed E-state index contributed by atoms with van der Waals surface area (Å²) >= 11 is 0. The Hall–Kier alpha value is -2.21. The van der Waals surface area contributed by atoms with Gasteiger partial charge in [0.05, 0.1) is 5.69 Å². The third-order valence-corrected chi connectivity index (χ3v) is 4.75. The Balaban J connectivity index is 2.21. The topological polar surface area (TPSA) is 77.0 Å². The van der Waals surface area contributed by atoms with Crippen LogP contribution in [0.2, 0.25) is 0 Å². The van der Waals surface area contributed by atoms with Crippen LogP contribution in [0.3, 0.4) is 0 Å². The molecular formula is C20H31N5O. The van der Waals surface area contributed by atoms with Crippen molar-refractivity contribution in [2.45, 2.75) is 53.0 Å². The molecule has 1 aromatic heterocycles. The van der Waals surface area contributed by atoms with Gasteiger partial charge in [0.2, 0.25) is 5.82 Å². The molecule has 0 aliphatic carbocycles. The largest absolute Gasteiger partial charge is 0.339 e. The van der Waals surface area contributed by atoms with E-state index in [9.17, 15) is 4.79 Å². The number of hydrogen-bond donors (Lipinski definition) is 1. The predicted octanol–water partition coefficient (Wildman–Crippen LogP) is 3.14. The first-order valence-corrected chi connectivity index (χ1v) is 9.26. The molecule has 0 spiro atoms. The van der Waals surface area contributed by atoms with Gasteiger partial charge in [0.1, 0.15) is 5.82 Å². The van der Waals surface area contributed by atoms with Crippen molar-refractivity contribution in [1.29, 1.82) is 0 Å². The highest BCUT2D eigenvalue weighted by Gasteiger charge is 2.21. The Morgan fingerprint density at radius 1 is 1.23 bits per heavy atom. The van der Waals surface area contributed by atoms with E-state index in [4.69, 9.17) is 5.73 Å². The van der Waals surface area contributed by atoms with Crippen molar-refractivity contribution in [2.24, 2.45) is 11.7 Å². The van der Waals surface area contributed by atoms with Crippen molar-refractivity contribution in [1.82, 2.24) is 19.7 Å². The predicted molar refractivity (Wildman–Crippen MR) is 105 cm³/mol. The summed E-state index contributed by atoms with van der Waals surface area (Å²) in [4.78, 5) is 18.7. The van der Waals surface area contributed by atoms with Crippen molar-refractivity contribution in [3.8, 4) is 5.69 Å². The average Bonchev–Trinajstić information content (AvgIpc) is 2.99. The first-order chi connectivity index (χ1) is 12.2. The molecule has 0 aliphatic heterocycles. The summed E-state index contributed by atoms with van der Waals surface area (Å²) in [6.07, 6.45) is 0.760. The summed E-state index contributed by atoms with van der Waals surface area (Å²) in [5, 5.41) is 4.49. The lowest BCUT2D eigenvalue weighted by Gasteiger charge is -2.20. The van der Waals surface area contributed by atoms with E-state index < -0.39 is 0 Å². The van der Waals surface area contributed by atoms with E-state index in [0.29, 0.717) is 24.2 Å². The number of carbonyl (C=O) groups is 1. The molecule has 0 radical (unpaired) electrons. The average molecular weight is 358 g/mol. The van der Waals surface area contributed by atoms with Crippen molar-refractivity contribution >= 4 is 5.91 Å². The maximum absolute atomic E-state index is 12.7. The van der Waals surface area contributed by atoms with Crippen molar-refractivity contribution in [2.75, 3.05) is 13.6 Å². The minimum atomic E-state index is -0.176. The summed E-state index contributed by atoms with van der Waals surface area (Å²) in [6, 6.07) is 8.17. The number of hydrogen-bond acceptors (Lipinski definition) is 4. The monoisotopic (exact) mass is 357 g/mol. The van der Waals surface area contributed by atoms with Crippen LogP contribution in [0.5, 0.6) is 0 Å². The molecular weight excluding hydrogens is 326 g/mol. The molecule has 6 nitrogen and oxygen atoms in total. The van der Waals surface area contributed by atoms with E-state index in [1.54, 1.807) is 16.6 Å². The number of nitrogens with two attached hydrogens (primary N) is 1. The van der Waals surface area contributed by atoms with E-state index >= 15 is 0 Å². The molecule has 0 aliphatic rings. The number of carbonyl (C=O) groups excluding carboxylic acids is 1. The summed E-state index contributed by atoms with van der Waals surface area (Å²) < 4.78 is 1.76. The number of rotatable bonds is 7. The van der Waals surface area contributed by atoms with Gasteiger partial charge in [-0.1, -0.05) is 45.9 Å². The maximum atomic E-state index is 12.7. The highest BCUT2D eigenvalue weighted by atomic mass is 16.2. The van der Waals surface area contributed by atoms with Gasteiger partial charge >= 0.3 is 0 Å². The van der Waals surface area contributed by atoms with E-state index in [0.717, 1.165) is 12.1 Å². The first-order valence-electron chi connectivity index (χ1n) is 9.26. The number of para-hydroxylation sites is 1. The van der Waals surface area contributed by atoms with Crippen LogP contribution >= 0.6 is 0 Å². The molecule has 1 aromatic carbocycles.